The average Bonchev–Trinajstić information content (AvgIpc) is 2.69. The zero-order chi connectivity index (χ0) is 18.6. The minimum Gasteiger partial charge on any atom is -0.341 e. The number of amides is 2. The molecule has 2 aromatic rings. The largest absolute Gasteiger partial charge is 0.341 e. The number of hydrogen-bond donors (Lipinski definition) is 2. The third kappa shape index (κ3) is 6.61. The number of nitrogens with zero attached hydrogens (tertiary/aromatic N) is 1. The third-order valence-corrected chi connectivity index (χ3v) is 4.72. The van der Waals surface area contributed by atoms with E-state index in [4.69, 9.17) is 5.26 Å². The van der Waals surface area contributed by atoms with Gasteiger partial charge in [0, 0.05) is 11.3 Å². The van der Waals surface area contributed by atoms with E-state index in [0.29, 0.717) is 17.7 Å². The Morgan fingerprint density at radius 2 is 1.69 bits per heavy atom. The maximum absolute atomic E-state index is 12.3. The molecule has 0 aliphatic rings. The van der Waals surface area contributed by atoms with E-state index in [1.54, 1.807) is 36.0 Å². The van der Waals surface area contributed by atoms with Crippen LogP contribution in [0.2, 0.25) is 0 Å². The Balaban J connectivity index is 1.89. The van der Waals surface area contributed by atoms with Gasteiger partial charge in [0.25, 0.3) is 5.91 Å². The molecule has 2 rings (SSSR count). The van der Waals surface area contributed by atoms with Crippen molar-refractivity contribution >= 4 is 23.6 Å². The van der Waals surface area contributed by atoms with E-state index in [9.17, 15) is 9.59 Å². The van der Waals surface area contributed by atoms with Crippen LogP contribution in [0, 0.1) is 11.3 Å². The second kappa shape index (κ2) is 11.0. The molecule has 2 amide bonds. The second-order valence-corrected chi connectivity index (χ2v) is 6.70. The van der Waals surface area contributed by atoms with Gasteiger partial charge in [-0.1, -0.05) is 48.5 Å². The third-order valence-electron chi connectivity index (χ3n) is 3.66. The Bertz CT molecular complexity index is 745. The maximum Gasteiger partial charge on any atom is 0.251 e. The molecule has 0 fully saturated rings. The Hall–Kier alpha value is -2.78. The van der Waals surface area contributed by atoms with Crippen LogP contribution in [-0.4, -0.2) is 30.2 Å². The van der Waals surface area contributed by atoms with Crippen LogP contribution < -0.4 is 10.6 Å². The fraction of sp³-hybridized carbons (Fsp3) is 0.250. The quantitative estimate of drug-likeness (QED) is 0.527. The number of carbonyl (C=O) groups is 2. The number of rotatable bonds is 9. The van der Waals surface area contributed by atoms with Crippen LogP contribution in [0.3, 0.4) is 0 Å². The van der Waals surface area contributed by atoms with Crippen molar-refractivity contribution in [1.29, 1.82) is 5.26 Å². The fourth-order valence-corrected chi connectivity index (χ4v) is 3.29. The first-order valence-corrected chi connectivity index (χ1v) is 9.48. The van der Waals surface area contributed by atoms with Crippen molar-refractivity contribution in [2.24, 2.45) is 0 Å². The van der Waals surface area contributed by atoms with E-state index in [1.807, 2.05) is 30.3 Å². The lowest BCUT2D eigenvalue weighted by molar-refractivity contribution is -0.122. The highest BCUT2D eigenvalue weighted by Gasteiger charge is 2.20. The fourth-order valence-electron chi connectivity index (χ4n) is 2.32. The molecule has 0 heterocycles. The van der Waals surface area contributed by atoms with E-state index >= 15 is 0 Å². The van der Waals surface area contributed by atoms with Gasteiger partial charge in [-0.05, 0) is 29.9 Å². The van der Waals surface area contributed by atoms with Crippen molar-refractivity contribution < 1.29 is 9.59 Å². The summed E-state index contributed by atoms with van der Waals surface area (Å²) >= 11 is 1.70. The minimum absolute atomic E-state index is 0.0757. The zero-order valence-electron chi connectivity index (χ0n) is 14.4. The lowest BCUT2D eigenvalue weighted by atomic mass is 10.1. The van der Waals surface area contributed by atoms with Crippen LogP contribution in [0.15, 0.2) is 60.7 Å². The van der Waals surface area contributed by atoms with Gasteiger partial charge in [-0.3, -0.25) is 9.59 Å². The number of benzene rings is 2. The molecule has 0 saturated heterocycles. The Labute approximate surface area is 157 Å². The molecule has 0 bridgehead atoms. The van der Waals surface area contributed by atoms with Crippen molar-refractivity contribution in [3.63, 3.8) is 0 Å². The summed E-state index contributed by atoms with van der Waals surface area (Å²) in [6.07, 6.45) is 0.493. The van der Waals surface area contributed by atoms with E-state index in [-0.39, 0.29) is 18.4 Å². The van der Waals surface area contributed by atoms with E-state index in [1.165, 1.54) is 5.56 Å². The molecule has 6 heteroatoms. The molecule has 134 valence electrons. The van der Waals surface area contributed by atoms with Gasteiger partial charge in [-0.2, -0.15) is 17.0 Å². The highest BCUT2D eigenvalue weighted by atomic mass is 32.2. The summed E-state index contributed by atoms with van der Waals surface area (Å²) < 4.78 is 0. The van der Waals surface area contributed by atoms with Gasteiger partial charge in [-0.25, -0.2) is 0 Å². The molecule has 26 heavy (non-hydrogen) atoms. The second-order valence-electron chi connectivity index (χ2n) is 5.59. The van der Waals surface area contributed by atoms with Gasteiger partial charge < -0.3 is 10.6 Å². The van der Waals surface area contributed by atoms with Gasteiger partial charge >= 0.3 is 0 Å². The lowest BCUT2D eigenvalue weighted by Crippen LogP contribution is -2.47. The number of thioether (sulfide) groups is 1. The van der Waals surface area contributed by atoms with E-state index in [2.05, 4.69) is 22.8 Å². The first-order valence-electron chi connectivity index (χ1n) is 8.33. The Morgan fingerprint density at radius 3 is 2.35 bits per heavy atom. The predicted octanol–water partition coefficient (Wildman–Crippen LogP) is 2.75. The summed E-state index contributed by atoms with van der Waals surface area (Å²) in [5.74, 6) is 0.932. The van der Waals surface area contributed by atoms with Crippen LogP contribution in [0.5, 0.6) is 0 Å². The van der Waals surface area contributed by atoms with Gasteiger partial charge in [0.05, 0.1) is 6.07 Å². The predicted molar refractivity (Wildman–Crippen MR) is 104 cm³/mol. The first-order chi connectivity index (χ1) is 12.7. The number of hydrogen-bond acceptors (Lipinski definition) is 4. The zero-order valence-corrected chi connectivity index (χ0v) is 15.2. The van der Waals surface area contributed by atoms with Crippen molar-refractivity contribution in [3.8, 4) is 6.07 Å². The van der Waals surface area contributed by atoms with Gasteiger partial charge in [0.1, 0.15) is 12.6 Å². The normalized spacial score (nSPS) is 11.2. The number of nitriles is 1. The van der Waals surface area contributed by atoms with E-state index < -0.39 is 6.04 Å². The van der Waals surface area contributed by atoms with Crippen LogP contribution in [0.4, 0.5) is 0 Å². The molecule has 0 spiro atoms. The number of nitrogens with one attached hydrogen (secondary N) is 2. The smallest absolute Gasteiger partial charge is 0.251 e. The van der Waals surface area contributed by atoms with Crippen molar-refractivity contribution in [2.45, 2.75) is 18.2 Å². The summed E-state index contributed by atoms with van der Waals surface area (Å²) in [6, 6.07) is 20.1. The lowest BCUT2D eigenvalue weighted by Gasteiger charge is -2.17. The van der Waals surface area contributed by atoms with E-state index in [0.717, 1.165) is 5.75 Å². The summed E-state index contributed by atoms with van der Waals surface area (Å²) in [4.78, 5) is 24.6. The van der Waals surface area contributed by atoms with Crippen LogP contribution in [-0.2, 0) is 10.5 Å². The molecule has 1 atom stereocenters. The molecule has 2 N–H and O–H groups in total. The van der Waals surface area contributed by atoms with Gasteiger partial charge in [-0.15, -0.1) is 0 Å². The highest BCUT2D eigenvalue weighted by molar-refractivity contribution is 7.98. The Kier molecular flexibility index (Phi) is 8.24. The molecule has 0 aliphatic carbocycles. The molecule has 2 aromatic carbocycles. The molecule has 0 saturated carbocycles. The van der Waals surface area contributed by atoms with Gasteiger partial charge in [0.2, 0.25) is 5.91 Å². The average molecular weight is 367 g/mol. The number of carbonyl (C=O) groups excluding carboxylic acids is 2. The molecule has 0 aliphatic heterocycles. The van der Waals surface area contributed by atoms with Gasteiger partial charge in [0.15, 0.2) is 0 Å². The van der Waals surface area contributed by atoms with Crippen LogP contribution in [0.1, 0.15) is 22.3 Å². The van der Waals surface area contributed by atoms with Crippen LogP contribution >= 0.6 is 11.8 Å². The summed E-state index contributed by atoms with van der Waals surface area (Å²) in [7, 11) is 0. The summed E-state index contributed by atoms with van der Waals surface area (Å²) in [5.41, 5.74) is 1.72. The Morgan fingerprint density at radius 1 is 1.04 bits per heavy atom. The molecular weight excluding hydrogens is 346 g/mol. The first kappa shape index (κ1) is 19.5. The van der Waals surface area contributed by atoms with Crippen molar-refractivity contribution in [3.05, 3.63) is 71.8 Å². The monoisotopic (exact) mass is 367 g/mol. The molecule has 0 aromatic heterocycles. The van der Waals surface area contributed by atoms with Crippen molar-refractivity contribution in [1.82, 2.24) is 10.6 Å². The topological polar surface area (TPSA) is 82.0 Å². The summed E-state index contributed by atoms with van der Waals surface area (Å²) in [6.45, 7) is -0.0757. The molecule has 5 nitrogen and oxygen atoms in total. The standard InChI is InChI=1S/C20H21N3O2S/c21-12-13-22-20(25)18(23-19(24)17-9-5-2-6-10-17)11-14-26-15-16-7-3-1-4-8-16/h1-10,18H,11,13-15H2,(H,22,25)(H,23,24)/t18-/m0/s1. The molecule has 0 unspecified atom stereocenters. The maximum atomic E-state index is 12.3. The SMILES string of the molecule is N#CCNC(=O)[C@H](CCSCc1ccccc1)NC(=O)c1ccccc1. The minimum atomic E-state index is -0.667. The molecular formula is C20H21N3O2S. The molecule has 0 radical (unpaired) electrons. The van der Waals surface area contributed by atoms with Crippen molar-refractivity contribution in [2.75, 3.05) is 12.3 Å². The van der Waals surface area contributed by atoms with Crippen LogP contribution in [0.25, 0.3) is 0 Å². The highest BCUT2D eigenvalue weighted by Crippen LogP contribution is 2.14. The summed E-state index contributed by atoms with van der Waals surface area (Å²) in [5, 5.41) is 13.9.